The number of ether oxygens (including phenoxy) is 4. The highest BCUT2D eigenvalue weighted by Gasteiger charge is 2.36. The van der Waals surface area contributed by atoms with Crippen LogP contribution >= 0.6 is 0 Å². The van der Waals surface area contributed by atoms with Gasteiger partial charge in [-0.3, -0.25) is 9.36 Å². The van der Waals surface area contributed by atoms with E-state index in [2.05, 4.69) is 10.6 Å². The van der Waals surface area contributed by atoms with Crippen molar-refractivity contribution in [3.8, 4) is 23.0 Å². The number of hydrogen-bond donors (Lipinski definition) is 2. The molecule has 2 heterocycles. The molecular weight excluding hydrogens is 472 g/mol. The van der Waals surface area contributed by atoms with E-state index in [0.717, 1.165) is 16.6 Å². The second kappa shape index (κ2) is 9.77. The average molecular weight is 501 g/mol. The predicted molar refractivity (Wildman–Crippen MR) is 142 cm³/mol. The van der Waals surface area contributed by atoms with Gasteiger partial charge >= 0.3 is 0 Å². The molecule has 2 N–H and O–H groups in total. The van der Waals surface area contributed by atoms with Gasteiger partial charge in [-0.2, -0.15) is 0 Å². The maximum atomic E-state index is 14.0. The van der Waals surface area contributed by atoms with Crippen molar-refractivity contribution >= 4 is 28.6 Å². The molecular formula is C28H28N4O5. The molecule has 1 unspecified atom stereocenters. The molecule has 3 aromatic carbocycles. The molecule has 9 nitrogen and oxygen atoms in total. The van der Waals surface area contributed by atoms with Crippen LogP contribution < -0.4 is 29.6 Å². The van der Waals surface area contributed by atoms with Gasteiger partial charge in [-0.25, -0.2) is 4.98 Å². The second-order valence-corrected chi connectivity index (χ2v) is 8.46. The Hall–Kier alpha value is -4.66. The van der Waals surface area contributed by atoms with E-state index in [-0.39, 0.29) is 5.91 Å². The summed E-state index contributed by atoms with van der Waals surface area (Å²) in [6.45, 7) is 1.86. The number of allylic oxidation sites excluding steroid dienone is 1. The molecule has 0 saturated carbocycles. The Bertz CT molecular complexity index is 1520. The quantitative estimate of drug-likeness (QED) is 0.369. The normalized spacial score (nSPS) is 14.6. The van der Waals surface area contributed by atoms with Crippen LogP contribution in [0.3, 0.4) is 0 Å². The minimum absolute atomic E-state index is 0.292. The Labute approximate surface area is 214 Å². The number of para-hydroxylation sites is 4. The highest BCUT2D eigenvalue weighted by atomic mass is 16.5. The summed E-state index contributed by atoms with van der Waals surface area (Å²) in [6.07, 6.45) is 0. The largest absolute Gasteiger partial charge is 0.496 e. The monoisotopic (exact) mass is 500 g/mol. The molecule has 1 aliphatic rings. The Morgan fingerprint density at radius 2 is 1.51 bits per heavy atom. The fourth-order valence-corrected chi connectivity index (χ4v) is 4.76. The van der Waals surface area contributed by atoms with Gasteiger partial charge in [-0.05, 0) is 37.3 Å². The van der Waals surface area contributed by atoms with Crippen molar-refractivity contribution in [3.63, 3.8) is 0 Å². The number of nitrogens with zero attached hydrogens (tertiary/aromatic N) is 2. The molecule has 9 heteroatoms. The van der Waals surface area contributed by atoms with Crippen molar-refractivity contribution in [2.24, 2.45) is 0 Å². The SMILES string of the molecule is COc1ccccc1NC(=O)C1=C(C)Nc2nc3ccccc3n2C1c1cc(OC)c(OC)cc1OC. The smallest absolute Gasteiger partial charge is 0.255 e. The number of benzene rings is 3. The van der Waals surface area contributed by atoms with Crippen molar-refractivity contribution in [1.82, 2.24) is 9.55 Å². The third-order valence-corrected chi connectivity index (χ3v) is 6.46. The van der Waals surface area contributed by atoms with Crippen LogP contribution in [-0.4, -0.2) is 43.9 Å². The number of hydrogen-bond acceptors (Lipinski definition) is 7. The Balaban J connectivity index is 1.74. The maximum absolute atomic E-state index is 14.0. The minimum Gasteiger partial charge on any atom is -0.496 e. The van der Waals surface area contributed by atoms with Gasteiger partial charge < -0.3 is 29.6 Å². The zero-order chi connectivity index (χ0) is 26.1. The lowest BCUT2D eigenvalue weighted by Crippen LogP contribution is -2.31. The first kappa shape index (κ1) is 24.1. The van der Waals surface area contributed by atoms with Gasteiger partial charge in [0.2, 0.25) is 5.95 Å². The number of carbonyl (C=O) groups excluding carboxylic acids is 1. The lowest BCUT2D eigenvalue weighted by atomic mass is 9.93. The Morgan fingerprint density at radius 3 is 2.24 bits per heavy atom. The maximum Gasteiger partial charge on any atom is 0.255 e. The first-order valence-electron chi connectivity index (χ1n) is 11.7. The van der Waals surface area contributed by atoms with Crippen LogP contribution in [0.1, 0.15) is 18.5 Å². The molecule has 0 aliphatic carbocycles. The lowest BCUT2D eigenvalue weighted by Gasteiger charge is -2.32. The molecule has 0 bridgehead atoms. The van der Waals surface area contributed by atoms with Crippen molar-refractivity contribution in [2.45, 2.75) is 13.0 Å². The Morgan fingerprint density at radius 1 is 0.865 bits per heavy atom. The van der Waals surface area contributed by atoms with Crippen molar-refractivity contribution in [1.29, 1.82) is 0 Å². The van der Waals surface area contributed by atoms with E-state index in [9.17, 15) is 4.79 Å². The van der Waals surface area contributed by atoms with Gasteiger partial charge in [0.25, 0.3) is 5.91 Å². The fourth-order valence-electron chi connectivity index (χ4n) is 4.76. The summed E-state index contributed by atoms with van der Waals surface area (Å²) >= 11 is 0. The van der Waals surface area contributed by atoms with Crippen LogP contribution in [0.5, 0.6) is 23.0 Å². The predicted octanol–water partition coefficient (Wildman–Crippen LogP) is 5.00. The van der Waals surface area contributed by atoms with Crippen LogP contribution in [0.2, 0.25) is 0 Å². The molecule has 37 heavy (non-hydrogen) atoms. The summed E-state index contributed by atoms with van der Waals surface area (Å²) in [5.74, 6) is 2.48. The zero-order valence-corrected chi connectivity index (χ0v) is 21.3. The van der Waals surface area contributed by atoms with Crippen LogP contribution in [-0.2, 0) is 4.79 Å². The summed E-state index contributed by atoms with van der Waals surface area (Å²) in [7, 11) is 6.30. The topological polar surface area (TPSA) is 95.9 Å². The van der Waals surface area contributed by atoms with Gasteiger partial charge in [-0.15, -0.1) is 0 Å². The van der Waals surface area contributed by atoms with Gasteiger partial charge in [-0.1, -0.05) is 24.3 Å². The molecule has 4 aromatic rings. The fraction of sp³-hybridized carbons (Fsp3) is 0.214. The van der Waals surface area contributed by atoms with Gasteiger partial charge in [0.1, 0.15) is 11.5 Å². The summed E-state index contributed by atoms with van der Waals surface area (Å²) in [5, 5.41) is 6.35. The highest BCUT2D eigenvalue weighted by Crippen LogP contribution is 2.46. The molecule has 190 valence electrons. The first-order valence-corrected chi connectivity index (χ1v) is 11.7. The molecule has 0 saturated heterocycles. The minimum atomic E-state index is -0.590. The number of fused-ring (bicyclic) bond motifs is 3. The molecule has 1 aromatic heterocycles. The first-order chi connectivity index (χ1) is 18.0. The number of imidazole rings is 1. The zero-order valence-electron chi connectivity index (χ0n) is 21.3. The number of rotatable bonds is 7. The molecule has 5 rings (SSSR count). The van der Waals surface area contributed by atoms with Crippen LogP contribution in [0.25, 0.3) is 11.0 Å². The second-order valence-electron chi connectivity index (χ2n) is 8.46. The average Bonchev–Trinajstić information content (AvgIpc) is 3.29. The van der Waals surface area contributed by atoms with Gasteiger partial charge in [0, 0.05) is 17.3 Å². The summed E-state index contributed by atoms with van der Waals surface area (Å²) < 4.78 is 24.4. The molecule has 1 amide bonds. The summed E-state index contributed by atoms with van der Waals surface area (Å²) in [5.41, 5.74) is 4.10. The lowest BCUT2D eigenvalue weighted by molar-refractivity contribution is -0.113. The molecule has 0 radical (unpaired) electrons. The number of anilines is 2. The standard InChI is InChI=1S/C28H28N4O5/c1-16-25(27(33)30-19-11-7-9-13-21(19)34-2)26(17-14-23(36-4)24(37-5)15-22(17)35-3)32-20-12-8-6-10-18(20)31-28(32)29-16/h6-15,26H,1-5H3,(H,29,31)(H,30,33). The van der Waals surface area contributed by atoms with E-state index >= 15 is 0 Å². The molecule has 0 fully saturated rings. The van der Waals surface area contributed by atoms with E-state index < -0.39 is 6.04 Å². The van der Waals surface area contributed by atoms with E-state index in [1.807, 2.05) is 54.0 Å². The summed E-state index contributed by atoms with van der Waals surface area (Å²) in [4.78, 5) is 18.8. The number of nitrogens with one attached hydrogen (secondary N) is 2. The van der Waals surface area contributed by atoms with E-state index in [4.69, 9.17) is 23.9 Å². The number of amides is 1. The van der Waals surface area contributed by atoms with Crippen LogP contribution in [0.4, 0.5) is 11.6 Å². The third kappa shape index (κ3) is 4.08. The molecule has 0 spiro atoms. The number of aromatic nitrogens is 2. The number of methoxy groups -OCH3 is 4. The number of carbonyl (C=O) groups is 1. The summed E-state index contributed by atoms with van der Waals surface area (Å²) in [6, 6.07) is 18.1. The van der Waals surface area contributed by atoms with Crippen LogP contribution in [0.15, 0.2) is 71.9 Å². The van der Waals surface area contributed by atoms with Crippen molar-refractivity contribution in [2.75, 3.05) is 39.1 Å². The van der Waals surface area contributed by atoms with Crippen molar-refractivity contribution in [3.05, 3.63) is 77.5 Å². The van der Waals surface area contributed by atoms with E-state index in [0.29, 0.717) is 45.9 Å². The van der Waals surface area contributed by atoms with E-state index in [1.54, 1.807) is 46.6 Å². The van der Waals surface area contributed by atoms with Crippen LogP contribution in [0, 0.1) is 0 Å². The van der Waals surface area contributed by atoms with Gasteiger partial charge in [0.15, 0.2) is 11.5 Å². The molecule has 1 atom stereocenters. The Kier molecular flexibility index (Phi) is 6.35. The van der Waals surface area contributed by atoms with Crippen molar-refractivity contribution < 1.29 is 23.7 Å². The van der Waals surface area contributed by atoms with Gasteiger partial charge in [0.05, 0.1) is 56.8 Å². The van der Waals surface area contributed by atoms with E-state index in [1.165, 1.54) is 0 Å². The highest BCUT2D eigenvalue weighted by molar-refractivity contribution is 6.07. The molecule has 1 aliphatic heterocycles. The third-order valence-electron chi connectivity index (χ3n) is 6.46.